The minimum atomic E-state index is -0.00172. The Bertz CT molecular complexity index is 581. The highest BCUT2D eigenvalue weighted by molar-refractivity contribution is 5.94. The number of nitrogens with zero attached hydrogens (tertiary/aromatic N) is 2. The van der Waals surface area contributed by atoms with Crippen LogP contribution in [0.2, 0.25) is 0 Å². The molecule has 1 aromatic heterocycles. The summed E-state index contributed by atoms with van der Waals surface area (Å²) in [5, 5.41) is 6.34. The van der Waals surface area contributed by atoms with Crippen LogP contribution in [-0.4, -0.2) is 35.1 Å². The van der Waals surface area contributed by atoms with E-state index in [1.807, 2.05) is 35.0 Å². The smallest absolute Gasteiger partial charge is 0.251 e. The summed E-state index contributed by atoms with van der Waals surface area (Å²) in [4.78, 5) is 16.1. The highest BCUT2D eigenvalue weighted by atomic mass is 35.5. The third-order valence-corrected chi connectivity index (χ3v) is 3.93. The second kappa shape index (κ2) is 9.55. The van der Waals surface area contributed by atoms with Crippen LogP contribution in [-0.2, 0) is 0 Å². The van der Waals surface area contributed by atoms with Crippen LogP contribution in [0.4, 0.5) is 0 Å². The lowest BCUT2D eigenvalue weighted by Gasteiger charge is -2.10. The highest BCUT2D eigenvalue weighted by Crippen LogP contribution is 2.12. The van der Waals surface area contributed by atoms with Crippen molar-refractivity contribution in [2.24, 2.45) is 5.92 Å². The van der Waals surface area contributed by atoms with E-state index >= 15 is 0 Å². The summed E-state index contributed by atoms with van der Waals surface area (Å²) in [5.74, 6) is 0.701. The van der Waals surface area contributed by atoms with Crippen LogP contribution in [0.5, 0.6) is 0 Å². The fraction of sp³-hybridized carbons (Fsp3) is 0.375. The van der Waals surface area contributed by atoms with Crippen LogP contribution in [0.1, 0.15) is 23.2 Å². The van der Waals surface area contributed by atoms with Gasteiger partial charge in [0.05, 0.1) is 6.33 Å². The number of carbonyl (C=O) groups is 1. The number of amides is 1. The number of hydrogen-bond donors (Lipinski definition) is 2. The minimum Gasteiger partial charge on any atom is -0.352 e. The third-order valence-electron chi connectivity index (χ3n) is 3.93. The first kappa shape index (κ1) is 19.5. The van der Waals surface area contributed by atoms with Crippen molar-refractivity contribution in [3.63, 3.8) is 0 Å². The first-order chi connectivity index (χ1) is 10.3. The Kier molecular flexibility index (Phi) is 8.09. The SMILES string of the molecule is Cl.Cl.O=C(NCCC1CCNC1)c1ccc(-n2ccnc2)cc1. The van der Waals surface area contributed by atoms with Gasteiger partial charge in [0.15, 0.2) is 0 Å². The van der Waals surface area contributed by atoms with E-state index in [1.54, 1.807) is 12.5 Å². The molecule has 3 rings (SSSR count). The largest absolute Gasteiger partial charge is 0.352 e. The Morgan fingerprint density at radius 3 is 2.70 bits per heavy atom. The van der Waals surface area contributed by atoms with Gasteiger partial charge in [-0.3, -0.25) is 4.79 Å². The molecule has 126 valence electrons. The fourth-order valence-corrected chi connectivity index (χ4v) is 2.65. The molecule has 2 N–H and O–H groups in total. The Balaban J connectivity index is 0.00000132. The van der Waals surface area contributed by atoms with Gasteiger partial charge in [-0.25, -0.2) is 4.98 Å². The molecule has 7 heteroatoms. The Labute approximate surface area is 148 Å². The van der Waals surface area contributed by atoms with Crippen molar-refractivity contribution < 1.29 is 4.79 Å². The molecule has 1 unspecified atom stereocenters. The molecule has 5 nitrogen and oxygen atoms in total. The summed E-state index contributed by atoms with van der Waals surface area (Å²) in [6.07, 6.45) is 7.62. The standard InChI is InChI=1S/C16H20N4O.2ClH/c21-16(19-8-6-13-5-7-17-11-13)14-1-3-15(4-2-14)20-10-9-18-12-20;;/h1-4,9-10,12-13,17H,5-8,11H2,(H,19,21);2*1H. The van der Waals surface area contributed by atoms with Crippen LogP contribution >= 0.6 is 24.8 Å². The molecule has 0 spiro atoms. The van der Waals surface area contributed by atoms with Gasteiger partial charge in [-0.15, -0.1) is 24.8 Å². The molecule has 1 aliphatic rings. The molecular weight excluding hydrogens is 335 g/mol. The van der Waals surface area contributed by atoms with E-state index in [2.05, 4.69) is 15.6 Å². The van der Waals surface area contributed by atoms with Gasteiger partial charge in [0.25, 0.3) is 5.91 Å². The zero-order chi connectivity index (χ0) is 14.5. The van der Waals surface area contributed by atoms with Gasteiger partial charge in [-0.05, 0) is 56.1 Å². The van der Waals surface area contributed by atoms with Crippen LogP contribution in [0.25, 0.3) is 5.69 Å². The number of hydrogen-bond acceptors (Lipinski definition) is 3. The molecule has 2 heterocycles. The summed E-state index contributed by atoms with van der Waals surface area (Å²) in [5.41, 5.74) is 1.70. The molecule has 0 radical (unpaired) electrons. The fourth-order valence-electron chi connectivity index (χ4n) is 2.65. The first-order valence-electron chi connectivity index (χ1n) is 7.40. The van der Waals surface area contributed by atoms with E-state index in [0.29, 0.717) is 11.5 Å². The van der Waals surface area contributed by atoms with Gasteiger partial charge in [0.1, 0.15) is 0 Å². The second-order valence-corrected chi connectivity index (χ2v) is 5.42. The predicted molar refractivity (Wildman–Crippen MR) is 96.0 cm³/mol. The maximum absolute atomic E-state index is 12.1. The van der Waals surface area contributed by atoms with Crippen LogP contribution in [0.3, 0.4) is 0 Å². The maximum atomic E-state index is 12.1. The van der Waals surface area contributed by atoms with E-state index < -0.39 is 0 Å². The molecule has 2 aromatic rings. The van der Waals surface area contributed by atoms with E-state index in [0.717, 1.165) is 31.7 Å². The highest BCUT2D eigenvalue weighted by Gasteiger charge is 2.14. The summed E-state index contributed by atoms with van der Waals surface area (Å²) in [6, 6.07) is 7.55. The summed E-state index contributed by atoms with van der Waals surface area (Å²) >= 11 is 0. The van der Waals surface area contributed by atoms with Gasteiger partial charge in [0.2, 0.25) is 0 Å². The second-order valence-electron chi connectivity index (χ2n) is 5.42. The summed E-state index contributed by atoms with van der Waals surface area (Å²) in [6.45, 7) is 2.93. The zero-order valence-electron chi connectivity index (χ0n) is 12.8. The molecule has 1 aliphatic heterocycles. The number of imidazole rings is 1. The molecule has 1 aromatic carbocycles. The first-order valence-corrected chi connectivity index (χ1v) is 7.40. The van der Waals surface area contributed by atoms with Crippen molar-refractivity contribution in [1.29, 1.82) is 0 Å². The average molecular weight is 357 g/mol. The van der Waals surface area contributed by atoms with Crippen LogP contribution < -0.4 is 10.6 Å². The van der Waals surface area contributed by atoms with Gasteiger partial charge < -0.3 is 15.2 Å². The molecule has 1 saturated heterocycles. The Morgan fingerprint density at radius 2 is 2.09 bits per heavy atom. The number of aromatic nitrogens is 2. The Morgan fingerprint density at radius 1 is 1.30 bits per heavy atom. The van der Waals surface area contributed by atoms with E-state index in [9.17, 15) is 4.79 Å². The topological polar surface area (TPSA) is 59.0 Å². The average Bonchev–Trinajstić information content (AvgIpc) is 3.21. The van der Waals surface area contributed by atoms with Gasteiger partial charge in [0, 0.05) is 30.2 Å². The number of carbonyl (C=O) groups excluding carboxylic acids is 1. The quantitative estimate of drug-likeness (QED) is 0.864. The molecule has 0 saturated carbocycles. The molecule has 1 fully saturated rings. The molecule has 0 bridgehead atoms. The number of benzene rings is 1. The molecular formula is C16H22Cl2N4O. The van der Waals surface area contributed by atoms with Gasteiger partial charge >= 0.3 is 0 Å². The lowest BCUT2D eigenvalue weighted by molar-refractivity contribution is 0.0951. The Hall–Kier alpha value is -1.56. The van der Waals surface area contributed by atoms with Crippen LogP contribution in [0, 0.1) is 5.92 Å². The number of rotatable bonds is 5. The van der Waals surface area contributed by atoms with Crippen molar-refractivity contribution in [3.8, 4) is 5.69 Å². The predicted octanol–water partition coefficient (Wildman–Crippen LogP) is 2.45. The van der Waals surface area contributed by atoms with E-state index in [4.69, 9.17) is 0 Å². The van der Waals surface area contributed by atoms with Crippen molar-refractivity contribution in [2.75, 3.05) is 19.6 Å². The van der Waals surface area contributed by atoms with E-state index in [-0.39, 0.29) is 30.7 Å². The van der Waals surface area contributed by atoms with Gasteiger partial charge in [-0.2, -0.15) is 0 Å². The third kappa shape index (κ3) is 5.23. The number of nitrogens with one attached hydrogen (secondary N) is 2. The van der Waals surface area contributed by atoms with Crippen molar-refractivity contribution in [3.05, 3.63) is 48.5 Å². The minimum absolute atomic E-state index is 0. The molecule has 1 atom stereocenters. The van der Waals surface area contributed by atoms with Crippen molar-refractivity contribution >= 4 is 30.7 Å². The number of halogens is 2. The molecule has 1 amide bonds. The molecule has 0 aliphatic carbocycles. The normalized spacial score (nSPS) is 16.3. The van der Waals surface area contributed by atoms with Crippen molar-refractivity contribution in [2.45, 2.75) is 12.8 Å². The van der Waals surface area contributed by atoms with Gasteiger partial charge in [-0.1, -0.05) is 0 Å². The van der Waals surface area contributed by atoms with Crippen molar-refractivity contribution in [1.82, 2.24) is 20.2 Å². The van der Waals surface area contributed by atoms with Crippen LogP contribution in [0.15, 0.2) is 43.0 Å². The van der Waals surface area contributed by atoms with E-state index in [1.165, 1.54) is 6.42 Å². The monoisotopic (exact) mass is 356 g/mol. The lowest BCUT2D eigenvalue weighted by Crippen LogP contribution is -2.26. The lowest BCUT2D eigenvalue weighted by atomic mass is 10.1. The molecule has 23 heavy (non-hydrogen) atoms. The summed E-state index contributed by atoms with van der Waals surface area (Å²) in [7, 11) is 0. The maximum Gasteiger partial charge on any atom is 0.251 e. The summed E-state index contributed by atoms with van der Waals surface area (Å²) < 4.78 is 1.91. The zero-order valence-corrected chi connectivity index (χ0v) is 14.4.